The maximum atomic E-state index is 11.8. The lowest BCUT2D eigenvalue weighted by molar-refractivity contribution is -0.158. The molecule has 1 saturated carbocycles. The summed E-state index contributed by atoms with van der Waals surface area (Å²) in [5.74, 6) is -1.60. The van der Waals surface area contributed by atoms with Crippen LogP contribution in [-0.2, 0) is 23.9 Å². The van der Waals surface area contributed by atoms with Gasteiger partial charge in [0.15, 0.2) is 5.92 Å². The van der Waals surface area contributed by atoms with Crippen molar-refractivity contribution in [2.75, 3.05) is 14.2 Å². The molecule has 5 nitrogen and oxygen atoms in total. The molecule has 124 valence electrons. The van der Waals surface area contributed by atoms with Crippen LogP contribution in [0.25, 0.3) is 0 Å². The summed E-state index contributed by atoms with van der Waals surface area (Å²) in [5.41, 5.74) is 0.809. The highest BCUT2D eigenvalue weighted by molar-refractivity contribution is 5.95. The minimum absolute atomic E-state index is 0.179. The lowest BCUT2D eigenvalue weighted by Gasteiger charge is -2.20. The van der Waals surface area contributed by atoms with E-state index in [1.54, 1.807) is 0 Å². The molecule has 0 aromatic rings. The van der Waals surface area contributed by atoms with Gasteiger partial charge in [0.1, 0.15) is 5.78 Å². The van der Waals surface area contributed by atoms with E-state index < -0.39 is 17.9 Å². The van der Waals surface area contributed by atoms with Gasteiger partial charge < -0.3 is 9.47 Å². The van der Waals surface area contributed by atoms with Gasteiger partial charge >= 0.3 is 11.9 Å². The molecule has 1 fully saturated rings. The predicted molar refractivity (Wildman–Crippen MR) is 82.1 cm³/mol. The Kier molecular flexibility index (Phi) is 7.85. The molecule has 1 unspecified atom stereocenters. The number of rotatable bonds is 8. The number of carbonyl (C=O) groups is 3. The van der Waals surface area contributed by atoms with Crippen LogP contribution in [0.5, 0.6) is 0 Å². The quantitative estimate of drug-likeness (QED) is 0.392. The van der Waals surface area contributed by atoms with Gasteiger partial charge in [-0.15, -0.1) is 0 Å². The molecule has 0 bridgehead atoms. The molecule has 0 heterocycles. The first-order chi connectivity index (χ1) is 10.5. The molecule has 1 rings (SSSR count). The van der Waals surface area contributed by atoms with Gasteiger partial charge in [-0.2, -0.15) is 0 Å². The minimum Gasteiger partial charge on any atom is -0.468 e. The molecule has 0 amide bonds. The summed E-state index contributed by atoms with van der Waals surface area (Å²) in [6.07, 6.45) is 6.48. The van der Waals surface area contributed by atoms with E-state index in [2.05, 4.69) is 16.1 Å². The first kappa shape index (κ1) is 18.4. The number of carbonyl (C=O) groups excluding carboxylic acids is 3. The topological polar surface area (TPSA) is 69.7 Å². The van der Waals surface area contributed by atoms with Crippen molar-refractivity contribution in [2.24, 2.45) is 11.8 Å². The van der Waals surface area contributed by atoms with Crippen LogP contribution in [0.2, 0.25) is 0 Å². The monoisotopic (exact) mass is 310 g/mol. The van der Waals surface area contributed by atoms with Gasteiger partial charge in [-0.1, -0.05) is 18.6 Å². The lowest BCUT2D eigenvalue weighted by Crippen LogP contribution is -2.27. The van der Waals surface area contributed by atoms with Crippen molar-refractivity contribution in [2.45, 2.75) is 51.4 Å². The summed E-state index contributed by atoms with van der Waals surface area (Å²) in [6, 6.07) is 0. The average molecular weight is 310 g/mol. The van der Waals surface area contributed by atoms with Crippen LogP contribution in [0.3, 0.4) is 0 Å². The maximum absolute atomic E-state index is 11.8. The Morgan fingerprint density at radius 1 is 1.23 bits per heavy atom. The third-order valence-electron chi connectivity index (χ3n) is 4.23. The number of ether oxygens (including phenoxy) is 2. The number of esters is 2. The average Bonchev–Trinajstić information content (AvgIpc) is 2.53. The molecule has 0 radical (unpaired) electrons. The van der Waals surface area contributed by atoms with Crippen LogP contribution in [0.4, 0.5) is 0 Å². The number of hydrogen-bond acceptors (Lipinski definition) is 5. The first-order valence-corrected chi connectivity index (χ1v) is 7.84. The highest BCUT2D eigenvalue weighted by atomic mass is 16.5. The zero-order chi connectivity index (χ0) is 16.5. The van der Waals surface area contributed by atoms with Gasteiger partial charge in [0, 0.05) is 12.3 Å². The van der Waals surface area contributed by atoms with Crippen LogP contribution in [0.1, 0.15) is 51.4 Å². The standard InChI is InChI=1S/C17H26O5/c1-12(11-14(16(19)21-2)17(20)22-3)7-6-9-13-8-4-5-10-15(13)18/h13-14H,1,4-11H2,2-3H3. The van der Waals surface area contributed by atoms with Crippen LogP contribution < -0.4 is 0 Å². The smallest absolute Gasteiger partial charge is 0.320 e. The number of ketones is 1. The van der Waals surface area contributed by atoms with Crippen LogP contribution in [0, 0.1) is 11.8 Å². The van der Waals surface area contributed by atoms with Crippen LogP contribution in [0.15, 0.2) is 12.2 Å². The maximum Gasteiger partial charge on any atom is 0.320 e. The molecule has 1 aliphatic rings. The molecule has 0 aromatic carbocycles. The van der Waals surface area contributed by atoms with Crippen molar-refractivity contribution in [1.82, 2.24) is 0 Å². The molecule has 0 aromatic heterocycles. The number of hydrogen-bond donors (Lipinski definition) is 0. The second kappa shape index (κ2) is 9.38. The molecular formula is C17H26O5. The number of methoxy groups -OCH3 is 2. The Balaban J connectivity index is 2.38. The van der Waals surface area contributed by atoms with E-state index in [1.165, 1.54) is 14.2 Å². The molecular weight excluding hydrogens is 284 g/mol. The zero-order valence-electron chi connectivity index (χ0n) is 13.6. The molecule has 22 heavy (non-hydrogen) atoms. The van der Waals surface area contributed by atoms with Crippen molar-refractivity contribution in [1.29, 1.82) is 0 Å². The van der Waals surface area contributed by atoms with Crippen LogP contribution in [-0.4, -0.2) is 31.9 Å². The fraction of sp³-hybridized carbons (Fsp3) is 0.706. The third kappa shape index (κ3) is 5.62. The number of Topliss-reactive ketones (excluding diaryl/α,β-unsaturated/α-hetero) is 1. The van der Waals surface area contributed by atoms with Crippen molar-refractivity contribution < 1.29 is 23.9 Å². The van der Waals surface area contributed by atoms with E-state index >= 15 is 0 Å². The fourth-order valence-electron chi connectivity index (χ4n) is 2.90. The van der Waals surface area contributed by atoms with Crippen molar-refractivity contribution in [3.63, 3.8) is 0 Å². The molecule has 0 N–H and O–H groups in total. The minimum atomic E-state index is -0.946. The second-order valence-electron chi connectivity index (χ2n) is 5.85. The van der Waals surface area contributed by atoms with E-state index in [0.29, 0.717) is 18.6 Å². The van der Waals surface area contributed by atoms with Gasteiger partial charge in [0.05, 0.1) is 14.2 Å². The summed E-state index contributed by atoms with van der Waals surface area (Å²) >= 11 is 0. The van der Waals surface area contributed by atoms with Gasteiger partial charge in [-0.05, 0) is 38.5 Å². The second-order valence-corrected chi connectivity index (χ2v) is 5.85. The van der Waals surface area contributed by atoms with Gasteiger partial charge in [-0.25, -0.2) is 0 Å². The largest absolute Gasteiger partial charge is 0.468 e. The van der Waals surface area contributed by atoms with Crippen LogP contribution >= 0.6 is 0 Å². The van der Waals surface area contributed by atoms with Crippen molar-refractivity contribution >= 4 is 17.7 Å². The Hall–Kier alpha value is -1.65. The Bertz CT molecular complexity index is 411. The zero-order valence-corrected chi connectivity index (χ0v) is 13.6. The predicted octanol–water partition coefficient (Wildman–Crippen LogP) is 2.82. The van der Waals surface area contributed by atoms with E-state index in [1.807, 2.05) is 0 Å². The summed E-state index contributed by atoms with van der Waals surface area (Å²) in [4.78, 5) is 35.0. The first-order valence-electron chi connectivity index (χ1n) is 7.84. The van der Waals surface area contributed by atoms with Crippen molar-refractivity contribution in [3.05, 3.63) is 12.2 Å². The van der Waals surface area contributed by atoms with Gasteiger partial charge in [0.25, 0.3) is 0 Å². The molecule has 0 aliphatic heterocycles. The van der Waals surface area contributed by atoms with Gasteiger partial charge in [0.2, 0.25) is 0 Å². The lowest BCUT2D eigenvalue weighted by atomic mass is 9.84. The molecule has 5 heteroatoms. The molecule has 1 atom stereocenters. The van der Waals surface area contributed by atoms with E-state index in [4.69, 9.17) is 0 Å². The molecule has 0 saturated heterocycles. The summed E-state index contributed by atoms with van der Waals surface area (Å²) < 4.78 is 9.25. The Labute approximate surface area is 132 Å². The number of allylic oxidation sites excluding steroid dienone is 1. The highest BCUT2D eigenvalue weighted by Crippen LogP contribution is 2.26. The molecule has 1 aliphatic carbocycles. The highest BCUT2D eigenvalue weighted by Gasteiger charge is 2.29. The van der Waals surface area contributed by atoms with E-state index in [9.17, 15) is 14.4 Å². The fourth-order valence-corrected chi connectivity index (χ4v) is 2.90. The SMILES string of the molecule is C=C(CCCC1CCCCC1=O)CC(C(=O)OC)C(=O)OC. The Morgan fingerprint density at radius 3 is 2.41 bits per heavy atom. The molecule has 0 spiro atoms. The summed E-state index contributed by atoms with van der Waals surface area (Å²) in [5, 5.41) is 0. The normalized spacial score (nSPS) is 18.1. The third-order valence-corrected chi connectivity index (χ3v) is 4.23. The summed E-state index contributed by atoms with van der Waals surface area (Å²) in [7, 11) is 2.49. The Morgan fingerprint density at radius 2 is 1.86 bits per heavy atom. The van der Waals surface area contributed by atoms with Crippen molar-refractivity contribution in [3.8, 4) is 0 Å². The van der Waals surface area contributed by atoms with E-state index in [-0.39, 0.29) is 12.3 Å². The summed E-state index contributed by atoms with van der Waals surface area (Å²) in [6.45, 7) is 3.93. The van der Waals surface area contributed by atoms with E-state index in [0.717, 1.165) is 37.7 Å². The van der Waals surface area contributed by atoms with Gasteiger partial charge in [-0.3, -0.25) is 14.4 Å².